The van der Waals surface area contributed by atoms with Crippen molar-refractivity contribution in [1.82, 2.24) is 14.1 Å². The lowest BCUT2D eigenvalue weighted by Crippen LogP contribution is -2.11. The minimum atomic E-state index is -0.0677. The third kappa shape index (κ3) is 2.72. The van der Waals surface area contributed by atoms with Crippen molar-refractivity contribution in [3.8, 4) is 6.07 Å². The SMILES string of the molecule is CCn1c(=O)sc2cc(C(c3ccc(C#N)cc3)n3ccnc3)ccc21. The Hall–Kier alpha value is -3.17. The van der Waals surface area contributed by atoms with E-state index in [4.69, 9.17) is 5.26 Å². The molecule has 2 heterocycles. The third-order valence-corrected chi connectivity index (χ3v) is 5.44. The van der Waals surface area contributed by atoms with Crippen LogP contribution >= 0.6 is 11.3 Å². The summed E-state index contributed by atoms with van der Waals surface area (Å²) in [6, 6.07) is 15.8. The molecule has 0 aliphatic rings. The molecule has 4 aromatic rings. The number of benzene rings is 2. The molecule has 0 saturated heterocycles. The summed E-state index contributed by atoms with van der Waals surface area (Å²) in [7, 11) is 0. The van der Waals surface area contributed by atoms with Gasteiger partial charge in [0, 0.05) is 18.9 Å². The van der Waals surface area contributed by atoms with E-state index in [0.717, 1.165) is 21.3 Å². The van der Waals surface area contributed by atoms with Crippen LogP contribution in [-0.4, -0.2) is 14.1 Å². The minimum Gasteiger partial charge on any atom is -0.326 e. The van der Waals surface area contributed by atoms with Gasteiger partial charge in [0.2, 0.25) is 0 Å². The first kappa shape index (κ1) is 16.3. The number of imidazole rings is 1. The number of aryl methyl sites for hydroxylation is 1. The summed E-state index contributed by atoms with van der Waals surface area (Å²) in [6.45, 7) is 2.64. The molecule has 0 fully saturated rings. The fraction of sp³-hybridized carbons (Fsp3) is 0.150. The lowest BCUT2D eigenvalue weighted by Gasteiger charge is -2.20. The van der Waals surface area contributed by atoms with E-state index in [-0.39, 0.29) is 10.9 Å². The normalized spacial score (nSPS) is 12.2. The van der Waals surface area contributed by atoms with Crippen LogP contribution in [0.3, 0.4) is 0 Å². The number of nitrogens with zero attached hydrogens (tertiary/aromatic N) is 4. The zero-order chi connectivity index (χ0) is 18.1. The number of thiazole rings is 1. The van der Waals surface area contributed by atoms with Gasteiger partial charge in [0.25, 0.3) is 0 Å². The first-order valence-electron chi connectivity index (χ1n) is 8.32. The average Bonchev–Trinajstić information content (AvgIpc) is 3.29. The first-order chi connectivity index (χ1) is 12.7. The maximum atomic E-state index is 12.2. The van der Waals surface area contributed by atoms with Gasteiger partial charge in [0.1, 0.15) is 0 Å². The standard InChI is InChI=1S/C20H16N4OS/c1-2-24-17-8-7-16(11-18(17)26-20(24)25)19(23-10-9-22-13-23)15-5-3-14(12-21)4-6-15/h3-11,13,19H,2H2,1H3. The molecule has 0 amide bonds. The molecule has 5 nitrogen and oxygen atoms in total. The Morgan fingerprint density at radius 1 is 1.19 bits per heavy atom. The van der Waals surface area contributed by atoms with Gasteiger partial charge in [-0.05, 0) is 42.3 Å². The van der Waals surface area contributed by atoms with Crippen LogP contribution in [0, 0.1) is 11.3 Å². The van der Waals surface area contributed by atoms with Crippen LogP contribution in [0.4, 0.5) is 0 Å². The molecule has 0 spiro atoms. The summed E-state index contributed by atoms with van der Waals surface area (Å²) in [5.74, 6) is 0. The highest BCUT2D eigenvalue weighted by Crippen LogP contribution is 2.30. The van der Waals surface area contributed by atoms with Gasteiger partial charge in [0.05, 0.1) is 34.2 Å². The molecule has 0 aliphatic heterocycles. The summed E-state index contributed by atoms with van der Waals surface area (Å²) < 4.78 is 4.80. The van der Waals surface area contributed by atoms with E-state index in [2.05, 4.69) is 23.2 Å². The Morgan fingerprint density at radius 3 is 2.62 bits per heavy atom. The van der Waals surface area contributed by atoms with Gasteiger partial charge in [-0.25, -0.2) is 4.98 Å². The maximum Gasteiger partial charge on any atom is 0.308 e. The van der Waals surface area contributed by atoms with Crippen molar-refractivity contribution < 1.29 is 0 Å². The molecule has 4 rings (SSSR count). The topological polar surface area (TPSA) is 63.6 Å². The predicted octanol–water partition coefficient (Wildman–Crippen LogP) is 3.79. The fourth-order valence-electron chi connectivity index (χ4n) is 3.25. The first-order valence-corrected chi connectivity index (χ1v) is 9.13. The molecule has 0 bridgehead atoms. The van der Waals surface area contributed by atoms with Crippen molar-refractivity contribution >= 4 is 21.6 Å². The van der Waals surface area contributed by atoms with Gasteiger partial charge in [-0.15, -0.1) is 0 Å². The van der Waals surface area contributed by atoms with Crippen LogP contribution in [0.1, 0.15) is 29.7 Å². The fourth-order valence-corrected chi connectivity index (χ4v) is 4.25. The van der Waals surface area contributed by atoms with E-state index >= 15 is 0 Å². The molecule has 26 heavy (non-hydrogen) atoms. The molecule has 2 aromatic heterocycles. The monoisotopic (exact) mass is 360 g/mol. The van der Waals surface area contributed by atoms with Crippen molar-refractivity contribution in [1.29, 1.82) is 5.26 Å². The van der Waals surface area contributed by atoms with Crippen LogP contribution in [0.25, 0.3) is 10.2 Å². The van der Waals surface area contributed by atoms with E-state index in [1.807, 2.05) is 48.0 Å². The highest BCUT2D eigenvalue weighted by atomic mass is 32.1. The smallest absolute Gasteiger partial charge is 0.308 e. The van der Waals surface area contributed by atoms with Gasteiger partial charge in [-0.3, -0.25) is 9.36 Å². The zero-order valence-corrected chi connectivity index (χ0v) is 15.0. The Morgan fingerprint density at radius 2 is 1.96 bits per heavy atom. The molecule has 128 valence electrons. The Balaban J connectivity index is 1.87. The minimum absolute atomic E-state index is 0.0669. The van der Waals surface area contributed by atoms with Crippen LogP contribution in [0.2, 0.25) is 0 Å². The molecule has 2 aromatic carbocycles. The molecule has 1 unspecified atom stereocenters. The third-order valence-electron chi connectivity index (χ3n) is 4.50. The number of nitriles is 1. The van der Waals surface area contributed by atoms with Crippen LogP contribution < -0.4 is 4.87 Å². The van der Waals surface area contributed by atoms with Gasteiger partial charge >= 0.3 is 4.87 Å². The maximum absolute atomic E-state index is 12.2. The second kappa shape index (κ2) is 6.62. The molecule has 0 radical (unpaired) electrons. The van der Waals surface area contributed by atoms with Crippen molar-refractivity contribution in [2.75, 3.05) is 0 Å². The second-order valence-electron chi connectivity index (χ2n) is 5.99. The van der Waals surface area contributed by atoms with E-state index in [1.165, 1.54) is 11.3 Å². The molecular formula is C20H16N4OS. The van der Waals surface area contributed by atoms with Crippen molar-refractivity contribution in [3.63, 3.8) is 0 Å². The number of rotatable bonds is 4. The Labute approximate surface area is 154 Å². The predicted molar refractivity (Wildman–Crippen MR) is 102 cm³/mol. The molecule has 0 N–H and O–H groups in total. The van der Waals surface area contributed by atoms with Crippen molar-refractivity contribution in [3.05, 3.63) is 87.5 Å². The van der Waals surface area contributed by atoms with Crippen molar-refractivity contribution in [2.45, 2.75) is 19.5 Å². The number of fused-ring (bicyclic) bond motifs is 1. The van der Waals surface area contributed by atoms with E-state index in [1.54, 1.807) is 17.1 Å². The van der Waals surface area contributed by atoms with Gasteiger partial charge in [0.15, 0.2) is 0 Å². The number of aromatic nitrogens is 3. The molecule has 6 heteroatoms. The van der Waals surface area contributed by atoms with Crippen molar-refractivity contribution in [2.24, 2.45) is 0 Å². The quantitative estimate of drug-likeness (QED) is 0.556. The van der Waals surface area contributed by atoms with E-state index in [0.29, 0.717) is 12.1 Å². The molecular weight excluding hydrogens is 344 g/mol. The second-order valence-corrected chi connectivity index (χ2v) is 6.98. The summed E-state index contributed by atoms with van der Waals surface area (Å²) in [5.41, 5.74) is 3.73. The average molecular weight is 360 g/mol. The Bertz CT molecular complexity index is 1150. The van der Waals surface area contributed by atoms with Gasteiger partial charge in [-0.1, -0.05) is 29.5 Å². The summed E-state index contributed by atoms with van der Waals surface area (Å²) in [4.78, 5) is 16.4. The lowest BCUT2D eigenvalue weighted by atomic mass is 9.97. The highest BCUT2D eigenvalue weighted by molar-refractivity contribution is 7.16. The highest BCUT2D eigenvalue weighted by Gasteiger charge is 2.18. The zero-order valence-electron chi connectivity index (χ0n) is 14.2. The largest absolute Gasteiger partial charge is 0.326 e. The molecule has 0 aliphatic carbocycles. The summed E-state index contributed by atoms with van der Waals surface area (Å²) in [6.07, 6.45) is 5.46. The summed E-state index contributed by atoms with van der Waals surface area (Å²) >= 11 is 1.27. The molecule has 1 atom stereocenters. The molecule has 0 saturated carbocycles. The number of hydrogen-bond acceptors (Lipinski definition) is 4. The van der Waals surface area contributed by atoms with Crippen LogP contribution in [0.15, 0.2) is 66.0 Å². The van der Waals surface area contributed by atoms with E-state index < -0.39 is 0 Å². The lowest BCUT2D eigenvalue weighted by molar-refractivity contribution is 0.677. The van der Waals surface area contributed by atoms with E-state index in [9.17, 15) is 4.79 Å². The van der Waals surface area contributed by atoms with Crippen LogP contribution in [-0.2, 0) is 6.54 Å². The Kier molecular flexibility index (Phi) is 4.15. The van der Waals surface area contributed by atoms with Gasteiger partial charge < -0.3 is 4.57 Å². The van der Waals surface area contributed by atoms with Crippen LogP contribution in [0.5, 0.6) is 0 Å². The number of hydrogen-bond donors (Lipinski definition) is 0. The van der Waals surface area contributed by atoms with Gasteiger partial charge in [-0.2, -0.15) is 5.26 Å². The summed E-state index contributed by atoms with van der Waals surface area (Å²) in [5, 5.41) is 9.04.